The van der Waals surface area contributed by atoms with Crippen LogP contribution in [0.4, 0.5) is 5.95 Å². The van der Waals surface area contributed by atoms with Gasteiger partial charge < -0.3 is 14.8 Å². The van der Waals surface area contributed by atoms with Crippen LogP contribution >= 0.6 is 39.3 Å². The topological polar surface area (TPSA) is 78.3 Å². The normalized spacial score (nSPS) is 14.7. The number of hydrogen-bond acceptors (Lipinski definition) is 7. The number of allylic oxidation sites excluding steroid dienone is 2. The Morgan fingerprint density at radius 1 is 1.18 bits per heavy atom. The second-order valence-corrected chi connectivity index (χ2v) is 11.5. The summed E-state index contributed by atoms with van der Waals surface area (Å²) in [5.41, 5.74) is 3.23. The molecular formula is C29H34BrClN4O3S. The maximum Gasteiger partial charge on any atom is 0.227 e. The number of nitrogens with zero attached hydrogens (tertiary/aromatic N) is 3. The Balaban J connectivity index is 1.68. The molecule has 0 aliphatic carbocycles. The SMILES string of the molecule is CCCCCCOc1c(Br)cc(C2C(C(C)=O)=C(C)Nc3nc(SCc4ccccc4Cl)nn32)cc1OCC. The summed E-state index contributed by atoms with van der Waals surface area (Å²) >= 11 is 11.6. The zero-order valence-corrected chi connectivity index (χ0v) is 25.9. The van der Waals surface area contributed by atoms with Crippen molar-refractivity contribution in [1.29, 1.82) is 0 Å². The lowest BCUT2D eigenvalue weighted by Gasteiger charge is -2.28. The molecule has 2 aromatic carbocycles. The van der Waals surface area contributed by atoms with Crippen molar-refractivity contribution in [2.24, 2.45) is 0 Å². The Bertz CT molecular complexity index is 1360. The number of thioether (sulfide) groups is 1. The number of hydrogen-bond donors (Lipinski definition) is 1. The summed E-state index contributed by atoms with van der Waals surface area (Å²) in [5.74, 6) is 2.47. The Morgan fingerprint density at radius 2 is 1.97 bits per heavy atom. The van der Waals surface area contributed by atoms with Gasteiger partial charge in [-0.2, -0.15) is 4.98 Å². The molecule has 0 saturated carbocycles. The first kappa shape index (κ1) is 29.5. The van der Waals surface area contributed by atoms with Crippen molar-refractivity contribution >= 4 is 51.0 Å². The first-order valence-corrected chi connectivity index (χ1v) is 15.4. The van der Waals surface area contributed by atoms with Gasteiger partial charge in [0.05, 0.1) is 17.7 Å². The number of Topliss-reactive ketones (excluding diaryl/α,β-unsaturated/α-hetero) is 1. The summed E-state index contributed by atoms with van der Waals surface area (Å²) in [4.78, 5) is 17.6. The highest BCUT2D eigenvalue weighted by Crippen LogP contribution is 2.43. The molecule has 3 aromatic rings. The van der Waals surface area contributed by atoms with E-state index < -0.39 is 6.04 Å². The molecule has 10 heteroatoms. The van der Waals surface area contributed by atoms with Gasteiger partial charge in [-0.25, -0.2) is 4.68 Å². The van der Waals surface area contributed by atoms with Crippen molar-refractivity contribution in [1.82, 2.24) is 14.8 Å². The Morgan fingerprint density at radius 3 is 2.69 bits per heavy atom. The molecule has 0 radical (unpaired) electrons. The molecule has 2 heterocycles. The molecule has 0 fully saturated rings. The number of fused-ring (bicyclic) bond motifs is 1. The molecule has 1 atom stereocenters. The number of carbonyl (C=O) groups is 1. The number of rotatable bonds is 13. The van der Waals surface area contributed by atoms with Gasteiger partial charge in [0.15, 0.2) is 17.3 Å². The monoisotopic (exact) mass is 632 g/mol. The van der Waals surface area contributed by atoms with Gasteiger partial charge in [-0.1, -0.05) is 67.7 Å². The molecule has 7 nitrogen and oxygen atoms in total. The van der Waals surface area contributed by atoms with Crippen molar-refractivity contribution in [3.63, 3.8) is 0 Å². The molecule has 1 aromatic heterocycles. The van der Waals surface area contributed by atoms with E-state index in [1.54, 1.807) is 11.6 Å². The molecule has 4 rings (SSSR count). The lowest BCUT2D eigenvalue weighted by molar-refractivity contribution is -0.114. The summed E-state index contributed by atoms with van der Waals surface area (Å²) in [6.45, 7) is 8.71. The van der Waals surface area contributed by atoms with Gasteiger partial charge in [0.1, 0.15) is 6.04 Å². The highest BCUT2D eigenvalue weighted by atomic mass is 79.9. The minimum absolute atomic E-state index is 0.0400. The second kappa shape index (κ2) is 13.7. The largest absolute Gasteiger partial charge is 0.490 e. The van der Waals surface area contributed by atoms with Crippen LogP contribution in [-0.4, -0.2) is 33.8 Å². The maximum absolute atomic E-state index is 12.9. The fourth-order valence-electron chi connectivity index (χ4n) is 4.57. The highest BCUT2D eigenvalue weighted by molar-refractivity contribution is 9.10. The van der Waals surface area contributed by atoms with Crippen LogP contribution in [0, 0.1) is 0 Å². The third kappa shape index (κ3) is 6.99. The van der Waals surface area contributed by atoms with Crippen molar-refractivity contribution in [2.45, 2.75) is 70.3 Å². The summed E-state index contributed by atoms with van der Waals surface area (Å²) in [6, 6.07) is 11.2. The van der Waals surface area contributed by atoms with Gasteiger partial charge in [-0.15, -0.1) is 5.10 Å². The molecule has 0 bridgehead atoms. The minimum Gasteiger partial charge on any atom is -0.490 e. The molecule has 1 aliphatic heterocycles. The van der Waals surface area contributed by atoms with Gasteiger partial charge in [-0.05, 0) is 72.4 Å². The van der Waals surface area contributed by atoms with E-state index in [-0.39, 0.29) is 5.78 Å². The number of ketones is 1. The van der Waals surface area contributed by atoms with Gasteiger partial charge in [-0.3, -0.25) is 4.79 Å². The number of ether oxygens (including phenoxy) is 2. The van der Waals surface area contributed by atoms with E-state index in [2.05, 4.69) is 28.2 Å². The highest BCUT2D eigenvalue weighted by Gasteiger charge is 2.34. The molecule has 0 amide bonds. The number of aromatic nitrogens is 3. The van der Waals surface area contributed by atoms with E-state index in [0.717, 1.165) is 34.1 Å². The average Bonchev–Trinajstić information content (AvgIpc) is 3.30. The molecule has 1 N–H and O–H groups in total. The Kier molecular flexibility index (Phi) is 10.4. The molecule has 1 unspecified atom stereocenters. The molecule has 1 aliphatic rings. The van der Waals surface area contributed by atoms with E-state index in [0.29, 0.717) is 52.2 Å². The van der Waals surface area contributed by atoms with Gasteiger partial charge in [0.25, 0.3) is 0 Å². The predicted molar refractivity (Wildman–Crippen MR) is 161 cm³/mol. The average molecular weight is 634 g/mol. The molecule has 208 valence electrons. The number of carbonyl (C=O) groups excluding carboxylic acids is 1. The predicted octanol–water partition coefficient (Wildman–Crippen LogP) is 8.22. The molecule has 0 saturated heterocycles. The Labute approximate surface area is 247 Å². The number of halogens is 2. The van der Waals surface area contributed by atoms with Gasteiger partial charge >= 0.3 is 0 Å². The quantitative estimate of drug-likeness (QED) is 0.150. The van der Waals surface area contributed by atoms with Crippen LogP contribution in [0.2, 0.25) is 5.02 Å². The van der Waals surface area contributed by atoms with Crippen LogP contribution in [0.3, 0.4) is 0 Å². The number of anilines is 1. The zero-order valence-electron chi connectivity index (χ0n) is 22.7. The van der Waals surface area contributed by atoms with E-state index in [1.165, 1.54) is 24.6 Å². The second-order valence-electron chi connectivity index (χ2n) is 9.34. The van der Waals surface area contributed by atoms with Gasteiger partial charge in [0.2, 0.25) is 11.1 Å². The van der Waals surface area contributed by atoms with E-state index in [1.807, 2.05) is 50.2 Å². The lowest BCUT2D eigenvalue weighted by atomic mass is 9.93. The van der Waals surface area contributed by atoms with E-state index in [4.69, 9.17) is 31.2 Å². The van der Waals surface area contributed by atoms with Gasteiger partial charge in [0, 0.05) is 22.0 Å². The van der Waals surface area contributed by atoms with E-state index >= 15 is 0 Å². The lowest BCUT2D eigenvalue weighted by Crippen LogP contribution is -2.28. The minimum atomic E-state index is -0.477. The summed E-state index contributed by atoms with van der Waals surface area (Å²) < 4.78 is 14.7. The summed E-state index contributed by atoms with van der Waals surface area (Å²) in [5, 5.41) is 9.39. The van der Waals surface area contributed by atoms with Crippen LogP contribution in [0.15, 0.2) is 57.3 Å². The van der Waals surface area contributed by atoms with Crippen molar-refractivity contribution in [3.8, 4) is 11.5 Å². The van der Waals surface area contributed by atoms with E-state index in [9.17, 15) is 4.79 Å². The zero-order chi connectivity index (χ0) is 27.9. The van der Waals surface area contributed by atoms with Crippen LogP contribution < -0.4 is 14.8 Å². The number of nitrogens with one attached hydrogen (secondary N) is 1. The van der Waals surface area contributed by atoms with Crippen LogP contribution in [0.5, 0.6) is 11.5 Å². The Hall–Kier alpha value is -2.49. The number of unbranched alkanes of at least 4 members (excludes halogenated alkanes) is 3. The molecule has 0 spiro atoms. The van der Waals surface area contributed by atoms with Crippen molar-refractivity contribution in [3.05, 3.63) is 68.3 Å². The smallest absolute Gasteiger partial charge is 0.227 e. The fraction of sp³-hybridized carbons (Fsp3) is 0.414. The standard InChI is InChI=1S/C29H34BrClN4O3S/c1-5-7-8-11-14-38-27-22(30)15-21(16-24(27)37-6-2)26-25(19(4)36)18(3)32-28-33-29(34-35(26)28)39-17-20-12-9-10-13-23(20)31/h9-10,12-13,15-16,26H,5-8,11,14,17H2,1-4H3,(H,32,33,34). The molecular weight excluding hydrogens is 600 g/mol. The van der Waals surface area contributed by atoms with Crippen LogP contribution in [0.25, 0.3) is 0 Å². The third-order valence-electron chi connectivity index (χ3n) is 6.42. The first-order chi connectivity index (χ1) is 18.8. The number of benzene rings is 2. The molecule has 39 heavy (non-hydrogen) atoms. The fourth-order valence-corrected chi connectivity index (χ4v) is 6.26. The first-order valence-electron chi connectivity index (χ1n) is 13.2. The summed E-state index contributed by atoms with van der Waals surface area (Å²) in [6.07, 6.45) is 4.48. The maximum atomic E-state index is 12.9. The van der Waals surface area contributed by atoms with Crippen molar-refractivity contribution in [2.75, 3.05) is 18.5 Å². The third-order valence-corrected chi connectivity index (χ3v) is 8.26. The van der Waals surface area contributed by atoms with Crippen molar-refractivity contribution < 1.29 is 14.3 Å². The summed E-state index contributed by atoms with van der Waals surface area (Å²) in [7, 11) is 0. The van der Waals surface area contributed by atoms with Crippen LogP contribution in [0.1, 0.15) is 70.5 Å². The van der Waals surface area contributed by atoms with Crippen LogP contribution in [-0.2, 0) is 10.5 Å².